The first-order valence-electron chi connectivity index (χ1n) is 5.96. The Morgan fingerprint density at radius 1 is 1.10 bits per heavy atom. The first-order chi connectivity index (χ1) is 9.76. The molecule has 0 amide bonds. The Kier molecular flexibility index (Phi) is 3.88. The fraction of sp³-hybridized carbons (Fsp3) is 0.133. The number of hydrogen-bond acceptors (Lipinski definition) is 2. The third-order valence-corrected chi connectivity index (χ3v) is 2.87. The van der Waals surface area contributed by atoms with Gasteiger partial charge < -0.3 is 9.84 Å². The molecular weight excluding hydrogens is 285 g/mol. The summed E-state index contributed by atoms with van der Waals surface area (Å²) in [6.45, 7) is 1.74. The van der Waals surface area contributed by atoms with Crippen LogP contribution in [0, 0.1) is 6.92 Å². The van der Waals surface area contributed by atoms with Crippen LogP contribution in [-0.2, 0) is 0 Å². The number of aromatic carboxylic acids is 1. The van der Waals surface area contributed by atoms with Crippen LogP contribution in [0.15, 0.2) is 42.5 Å². The molecule has 1 N–H and O–H groups in total. The monoisotopic (exact) mass is 296 g/mol. The Hall–Kier alpha value is -2.50. The van der Waals surface area contributed by atoms with Crippen LogP contribution in [0.1, 0.15) is 15.9 Å². The van der Waals surface area contributed by atoms with Crippen molar-refractivity contribution in [1.82, 2.24) is 0 Å². The van der Waals surface area contributed by atoms with Gasteiger partial charge in [-0.05, 0) is 47.9 Å². The highest BCUT2D eigenvalue weighted by atomic mass is 19.4. The summed E-state index contributed by atoms with van der Waals surface area (Å²) in [7, 11) is 0. The van der Waals surface area contributed by atoms with E-state index in [1.54, 1.807) is 13.0 Å². The second-order valence-corrected chi connectivity index (χ2v) is 4.41. The SMILES string of the molecule is Cc1cc(C(=O)O)ccc1-c1ccc(OC(F)(F)F)cc1. The summed E-state index contributed by atoms with van der Waals surface area (Å²) in [5.74, 6) is -1.33. The van der Waals surface area contributed by atoms with Crippen molar-refractivity contribution in [3.63, 3.8) is 0 Å². The van der Waals surface area contributed by atoms with E-state index in [0.717, 1.165) is 11.1 Å². The Morgan fingerprint density at radius 2 is 1.71 bits per heavy atom. The van der Waals surface area contributed by atoms with Crippen LogP contribution in [0.2, 0.25) is 0 Å². The van der Waals surface area contributed by atoms with Crippen molar-refractivity contribution in [2.75, 3.05) is 0 Å². The lowest BCUT2D eigenvalue weighted by Crippen LogP contribution is -2.16. The van der Waals surface area contributed by atoms with Crippen molar-refractivity contribution < 1.29 is 27.8 Å². The normalized spacial score (nSPS) is 11.2. The minimum absolute atomic E-state index is 0.160. The summed E-state index contributed by atoms with van der Waals surface area (Å²) in [6, 6.07) is 10.00. The number of benzene rings is 2. The van der Waals surface area contributed by atoms with Crippen LogP contribution in [0.4, 0.5) is 13.2 Å². The third kappa shape index (κ3) is 3.75. The highest BCUT2D eigenvalue weighted by Gasteiger charge is 2.30. The Labute approximate surface area is 118 Å². The number of carbonyl (C=O) groups is 1. The lowest BCUT2D eigenvalue weighted by atomic mass is 9.98. The van der Waals surface area contributed by atoms with Gasteiger partial charge in [0.25, 0.3) is 0 Å². The molecule has 21 heavy (non-hydrogen) atoms. The molecule has 0 radical (unpaired) electrons. The molecule has 2 aromatic rings. The third-order valence-electron chi connectivity index (χ3n) is 2.87. The van der Waals surface area contributed by atoms with Crippen LogP contribution in [0.5, 0.6) is 5.75 Å². The molecule has 110 valence electrons. The molecule has 0 unspecified atom stereocenters. The summed E-state index contributed by atoms with van der Waals surface area (Å²) in [6.07, 6.45) is -4.72. The van der Waals surface area contributed by atoms with E-state index in [-0.39, 0.29) is 11.3 Å². The average Bonchev–Trinajstić information content (AvgIpc) is 2.38. The van der Waals surface area contributed by atoms with Crippen LogP contribution < -0.4 is 4.74 Å². The summed E-state index contributed by atoms with van der Waals surface area (Å²) in [4.78, 5) is 10.9. The predicted molar refractivity (Wildman–Crippen MR) is 70.3 cm³/mol. The number of halogens is 3. The fourth-order valence-electron chi connectivity index (χ4n) is 1.96. The number of carboxylic acid groups (broad SMARTS) is 1. The van der Waals surface area contributed by atoms with E-state index in [4.69, 9.17) is 5.11 Å². The van der Waals surface area contributed by atoms with E-state index >= 15 is 0 Å². The fourth-order valence-corrected chi connectivity index (χ4v) is 1.96. The van der Waals surface area contributed by atoms with Gasteiger partial charge in [0, 0.05) is 0 Å². The number of rotatable bonds is 3. The van der Waals surface area contributed by atoms with Crippen LogP contribution in [0.3, 0.4) is 0 Å². The first kappa shape index (κ1) is 14.9. The minimum atomic E-state index is -4.72. The molecule has 0 heterocycles. The molecule has 0 spiro atoms. The summed E-state index contributed by atoms with van der Waals surface area (Å²) < 4.78 is 40.0. The molecule has 0 aliphatic heterocycles. The number of alkyl halides is 3. The molecule has 2 rings (SSSR count). The smallest absolute Gasteiger partial charge is 0.478 e. The van der Waals surface area contributed by atoms with E-state index in [2.05, 4.69) is 4.74 Å². The van der Waals surface area contributed by atoms with Crippen molar-refractivity contribution >= 4 is 5.97 Å². The second kappa shape index (κ2) is 5.47. The first-order valence-corrected chi connectivity index (χ1v) is 5.96. The maximum Gasteiger partial charge on any atom is 0.573 e. The Morgan fingerprint density at radius 3 is 2.19 bits per heavy atom. The van der Waals surface area contributed by atoms with Crippen molar-refractivity contribution in [1.29, 1.82) is 0 Å². The maximum atomic E-state index is 12.1. The molecular formula is C15H11F3O3. The molecule has 0 bridgehead atoms. The van der Waals surface area contributed by atoms with Crippen molar-refractivity contribution in [2.45, 2.75) is 13.3 Å². The van der Waals surface area contributed by atoms with Crippen LogP contribution >= 0.6 is 0 Å². The highest BCUT2D eigenvalue weighted by molar-refractivity contribution is 5.89. The van der Waals surface area contributed by atoms with E-state index in [1.165, 1.54) is 36.4 Å². The topological polar surface area (TPSA) is 46.5 Å². The number of ether oxygens (including phenoxy) is 1. The van der Waals surface area contributed by atoms with E-state index in [9.17, 15) is 18.0 Å². The van der Waals surface area contributed by atoms with Gasteiger partial charge in [0.1, 0.15) is 5.75 Å². The maximum absolute atomic E-state index is 12.1. The second-order valence-electron chi connectivity index (χ2n) is 4.41. The van der Waals surface area contributed by atoms with Gasteiger partial charge in [-0.2, -0.15) is 0 Å². The predicted octanol–water partition coefficient (Wildman–Crippen LogP) is 4.26. The zero-order valence-electron chi connectivity index (χ0n) is 10.9. The molecule has 3 nitrogen and oxygen atoms in total. The quantitative estimate of drug-likeness (QED) is 0.920. The molecule has 0 atom stereocenters. The Balaban J connectivity index is 2.29. The van der Waals surface area contributed by atoms with Gasteiger partial charge in [0.2, 0.25) is 0 Å². The largest absolute Gasteiger partial charge is 0.573 e. The van der Waals surface area contributed by atoms with Gasteiger partial charge in [0.15, 0.2) is 0 Å². The van der Waals surface area contributed by atoms with E-state index in [0.29, 0.717) is 5.56 Å². The van der Waals surface area contributed by atoms with Crippen molar-refractivity contribution in [3.05, 3.63) is 53.6 Å². The van der Waals surface area contributed by atoms with Gasteiger partial charge in [-0.25, -0.2) is 4.79 Å². The van der Waals surface area contributed by atoms with Crippen molar-refractivity contribution in [2.24, 2.45) is 0 Å². The zero-order chi connectivity index (χ0) is 15.6. The summed E-state index contributed by atoms with van der Waals surface area (Å²) in [5, 5.41) is 8.89. The minimum Gasteiger partial charge on any atom is -0.478 e. The van der Waals surface area contributed by atoms with E-state index in [1.807, 2.05) is 0 Å². The molecule has 0 saturated carbocycles. The van der Waals surface area contributed by atoms with Gasteiger partial charge in [-0.15, -0.1) is 13.2 Å². The lowest BCUT2D eigenvalue weighted by molar-refractivity contribution is -0.274. The molecule has 0 aliphatic carbocycles. The molecule has 0 fully saturated rings. The summed E-state index contributed by atoms with van der Waals surface area (Å²) >= 11 is 0. The Bertz CT molecular complexity index is 661. The number of hydrogen-bond donors (Lipinski definition) is 1. The van der Waals surface area contributed by atoms with E-state index < -0.39 is 12.3 Å². The average molecular weight is 296 g/mol. The lowest BCUT2D eigenvalue weighted by Gasteiger charge is -2.10. The highest BCUT2D eigenvalue weighted by Crippen LogP contribution is 2.28. The standard InChI is InChI=1S/C15H11F3O3/c1-9-8-11(14(19)20)4-7-13(9)10-2-5-12(6-3-10)21-15(16,17)18/h2-8H,1H3,(H,19,20). The van der Waals surface area contributed by atoms with Gasteiger partial charge in [0.05, 0.1) is 5.56 Å². The zero-order valence-corrected chi connectivity index (χ0v) is 10.9. The molecule has 6 heteroatoms. The van der Waals surface area contributed by atoms with Gasteiger partial charge in [-0.1, -0.05) is 18.2 Å². The van der Waals surface area contributed by atoms with Gasteiger partial charge >= 0.3 is 12.3 Å². The van der Waals surface area contributed by atoms with Crippen molar-refractivity contribution in [3.8, 4) is 16.9 Å². The molecule has 0 saturated heterocycles. The molecule has 0 aromatic heterocycles. The number of aryl methyl sites for hydroxylation is 1. The molecule has 0 aliphatic rings. The molecule has 2 aromatic carbocycles. The van der Waals surface area contributed by atoms with Gasteiger partial charge in [-0.3, -0.25) is 0 Å². The summed E-state index contributed by atoms with van der Waals surface area (Å²) in [5.41, 5.74) is 2.31. The number of carboxylic acids is 1. The van der Waals surface area contributed by atoms with Crippen LogP contribution in [-0.4, -0.2) is 17.4 Å². The van der Waals surface area contributed by atoms with Crippen LogP contribution in [0.25, 0.3) is 11.1 Å².